The van der Waals surface area contributed by atoms with Crippen LogP contribution in [0.4, 0.5) is 0 Å². The van der Waals surface area contributed by atoms with Crippen LogP contribution in [0.15, 0.2) is 0 Å². The maximum Gasteiger partial charge on any atom is 0.317 e. The van der Waals surface area contributed by atoms with Gasteiger partial charge in [0.2, 0.25) is 0 Å². The van der Waals surface area contributed by atoms with E-state index in [1.165, 1.54) is 0 Å². The van der Waals surface area contributed by atoms with E-state index >= 15 is 0 Å². The van der Waals surface area contributed by atoms with Crippen LogP contribution in [0.1, 0.15) is 0 Å². The molecule has 0 saturated carbocycles. The maximum atomic E-state index is 10.1. The van der Waals surface area contributed by atoms with E-state index in [0.717, 1.165) is 49.0 Å². The molecule has 140 heavy (non-hydrogen) atoms. The fourth-order valence-corrected chi connectivity index (χ4v) is 7.38. The number of aliphatic carboxylic acids is 20. The van der Waals surface area contributed by atoms with Crippen molar-refractivity contribution in [1.29, 1.82) is 0 Å². The van der Waals surface area contributed by atoms with Crippen LogP contribution in [-0.2, 0) is 95.9 Å². The molecule has 0 aliphatic carbocycles. The van der Waals surface area contributed by atoms with E-state index in [1.54, 1.807) is 0 Å². The molecule has 0 fully saturated rings. The first-order valence-corrected chi connectivity index (χ1v) is 33.3. The standard InChI is InChI=1S/10C6H11NO5.16K.4Na/c10*8-2-1-7(3-5(9)10)4-6(11)12;;;;;;;;;;;;;;;;;;;;/h10*8H,1-4H2,(H,9,10)(H,11,12);;;;;;;;;;;;;;;;;;;;. The van der Waals surface area contributed by atoms with Gasteiger partial charge in [0.15, 0.2) is 0 Å². The Morgan fingerprint density at radius 2 is 0.143 bits per heavy atom. The molecule has 0 rings (SSSR count). The summed E-state index contributed by atoms with van der Waals surface area (Å²) in [6.45, 7) is -9.32. The van der Waals surface area contributed by atoms with E-state index in [-0.39, 0.29) is 1200 Å². The number of carbonyl (C=O) groups is 20. The molecule has 720 valence electrons. The van der Waals surface area contributed by atoms with E-state index < -0.39 is 119 Å². The van der Waals surface area contributed by atoms with Gasteiger partial charge in [-0.2, -0.15) is 0 Å². The van der Waals surface area contributed by atoms with E-state index in [9.17, 15) is 95.9 Å². The van der Waals surface area contributed by atoms with Crippen molar-refractivity contribution in [2.24, 2.45) is 0 Å². The molecule has 60 nitrogen and oxygen atoms in total. The number of carboxylic acid groups (broad SMARTS) is 20. The Morgan fingerprint density at radius 3 is 0.164 bits per heavy atom. The number of hydrogen-bond donors (Lipinski definition) is 30. The summed E-state index contributed by atoms with van der Waals surface area (Å²) in [4.78, 5) is 214. The number of nitrogens with zero attached hydrogens (tertiary/aromatic N) is 10. The molecule has 0 aromatic heterocycles. The van der Waals surface area contributed by atoms with Gasteiger partial charge in [0, 0.05) is 1010 Å². The third-order valence-corrected chi connectivity index (χ3v) is 11.3. The molecule has 0 aromatic rings. The van der Waals surface area contributed by atoms with Crippen LogP contribution < -0.4 is 0 Å². The van der Waals surface area contributed by atoms with Gasteiger partial charge in [0.05, 0.1) is 197 Å². The summed E-state index contributed by atoms with van der Waals surface area (Å²) in [5.74, 6) is -22.1. The first kappa shape index (κ1) is 238. The summed E-state index contributed by atoms with van der Waals surface area (Å²) >= 11 is 0. The molecule has 0 saturated heterocycles. The molecule has 20 radical (unpaired) electrons. The third kappa shape index (κ3) is 229. The van der Waals surface area contributed by atoms with Gasteiger partial charge in [-0.05, 0) is 0 Å². The van der Waals surface area contributed by atoms with Crippen molar-refractivity contribution >= 4 is 1060 Å². The first-order chi connectivity index (χ1) is 55.6. The summed E-state index contributed by atoms with van der Waals surface area (Å²) in [6, 6.07) is 0. The number of carboxylic acids is 20. The predicted octanol–water partition coefficient (Wildman–Crippen LogP) is -23.1. The van der Waals surface area contributed by atoms with Gasteiger partial charge in [-0.15, -0.1) is 0 Å². The summed E-state index contributed by atoms with van der Waals surface area (Å²) in [6.07, 6.45) is 0. The predicted molar refractivity (Wildman–Crippen MR) is 503 cm³/mol. The Balaban J connectivity index is -0.0000000338. The van der Waals surface area contributed by atoms with E-state index in [2.05, 4.69) is 0 Å². The Labute approximate surface area is 1570 Å². The zero-order chi connectivity index (χ0) is 95.6. The van der Waals surface area contributed by atoms with Gasteiger partial charge >= 0.3 is 119 Å². The fraction of sp³-hybridized carbons (Fsp3) is 0.667. The average Bonchev–Trinajstić information content (AvgIpc) is 1.05. The summed E-state index contributed by atoms with van der Waals surface area (Å²) in [5.41, 5.74) is 0. The molecule has 0 spiro atoms. The number of hydrogen-bond acceptors (Lipinski definition) is 40. The molecular formula is C60H110K16N10Na4O50. The van der Waals surface area contributed by atoms with Crippen LogP contribution in [-0.4, -0.2) is 1520 Å². The molecule has 80 heteroatoms. The van der Waals surface area contributed by atoms with Gasteiger partial charge in [0.25, 0.3) is 0 Å². The summed E-state index contributed by atoms with van der Waals surface area (Å²) in [7, 11) is 0. The van der Waals surface area contributed by atoms with Crippen LogP contribution in [0.3, 0.4) is 0 Å². The van der Waals surface area contributed by atoms with Crippen LogP contribution >= 0.6 is 0 Å². The zero-order valence-corrected chi connectivity index (χ0v) is 142. The van der Waals surface area contributed by atoms with Crippen molar-refractivity contribution < 1.29 is 249 Å². The Morgan fingerprint density at radius 1 is 0.107 bits per heavy atom. The van der Waals surface area contributed by atoms with Gasteiger partial charge in [-0.25, -0.2) is 0 Å². The smallest absolute Gasteiger partial charge is 0.317 e. The van der Waals surface area contributed by atoms with E-state index in [4.69, 9.17) is 153 Å². The van der Waals surface area contributed by atoms with E-state index in [1.807, 2.05) is 0 Å². The molecule has 0 unspecified atom stereocenters. The topological polar surface area (TPSA) is 981 Å². The maximum absolute atomic E-state index is 10.1. The van der Waals surface area contributed by atoms with Crippen molar-refractivity contribution in [2.45, 2.75) is 0 Å². The van der Waals surface area contributed by atoms with Crippen molar-refractivity contribution in [3.63, 3.8) is 0 Å². The number of aliphatic hydroxyl groups is 10. The Hall–Kier alpha value is 18.8. The molecule has 0 amide bonds. The zero-order valence-electron chi connectivity index (χ0n) is 84.3. The molecule has 30 N–H and O–H groups in total. The van der Waals surface area contributed by atoms with E-state index in [0.29, 0.717) is 0 Å². The second kappa shape index (κ2) is 175. The summed E-state index contributed by atoms with van der Waals surface area (Å²) in [5, 5.41) is 250. The minimum Gasteiger partial charge on any atom is -0.480 e. The van der Waals surface area contributed by atoms with Crippen molar-refractivity contribution in [2.75, 3.05) is 262 Å². The molecule has 0 heterocycles. The molecule has 0 aromatic carbocycles. The molecule has 0 bridgehead atoms. The third-order valence-electron chi connectivity index (χ3n) is 11.3. The fourth-order valence-electron chi connectivity index (χ4n) is 7.38. The quantitative estimate of drug-likeness (QED) is 0.0251. The first-order valence-electron chi connectivity index (χ1n) is 33.3. The average molecular weight is 2490 g/mol. The molecule has 0 aliphatic heterocycles. The largest absolute Gasteiger partial charge is 0.480 e. The van der Waals surface area contributed by atoms with Crippen LogP contribution in [0, 0.1) is 0 Å². The normalized spacial score (nSPS) is 8.71. The Kier molecular flexibility index (Phi) is 298. The van der Waals surface area contributed by atoms with Crippen molar-refractivity contribution in [3.8, 4) is 0 Å². The number of rotatable bonds is 60. The second-order valence-corrected chi connectivity index (χ2v) is 22.2. The monoisotopic (exact) mass is 2490 g/mol. The minimum absolute atomic E-state index is 0. The van der Waals surface area contributed by atoms with Crippen LogP contribution in [0.2, 0.25) is 0 Å². The van der Waals surface area contributed by atoms with Gasteiger partial charge in [0.1, 0.15) is 0 Å². The van der Waals surface area contributed by atoms with Gasteiger partial charge in [-0.1, -0.05) is 0 Å². The van der Waals surface area contributed by atoms with Crippen LogP contribution in [0.25, 0.3) is 0 Å². The van der Waals surface area contributed by atoms with Crippen molar-refractivity contribution in [3.05, 3.63) is 0 Å². The SMILES string of the molecule is O=C(O)CN(CCO)CC(=O)O.O=C(O)CN(CCO)CC(=O)O.O=C(O)CN(CCO)CC(=O)O.O=C(O)CN(CCO)CC(=O)O.O=C(O)CN(CCO)CC(=O)O.O=C(O)CN(CCO)CC(=O)O.O=C(O)CN(CCO)CC(=O)O.O=C(O)CN(CCO)CC(=O)O.O=C(O)CN(CCO)CC(=O)O.O=C(O)CN(CCO)CC(=O)O.[K].[K].[K].[K].[K].[K].[K].[K].[K].[K].[K].[K].[K].[K].[K].[K].[Na].[Na].[Na].[Na]. The molecule has 0 atom stereocenters. The molecule has 0 aliphatic rings. The van der Waals surface area contributed by atoms with Gasteiger partial charge < -0.3 is 153 Å². The molecular weight excluding hydrogens is 2380 g/mol. The minimum atomic E-state index is -1.11. The second-order valence-electron chi connectivity index (χ2n) is 22.2. The summed E-state index contributed by atoms with van der Waals surface area (Å²) < 4.78 is 0. The van der Waals surface area contributed by atoms with Crippen LogP contribution in [0.5, 0.6) is 0 Å². The van der Waals surface area contributed by atoms with Crippen molar-refractivity contribution in [1.82, 2.24) is 49.0 Å². The Bertz CT molecular complexity index is 2260. The number of aliphatic hydroxyl groups excluding tert-OH is 10. The van der Waals surface area contributed by atoms with Gasteiger partial charge in [-0.3, -0.25) is 145 Å².